The molecule has 1 heterocycles. The number of nitrogens with one attached hydrogen (secondary N) is 1. The molecule has 0 fully saturated rings. The van der Waals surface area contributed by atoms with Crippen LogP contribution in [0.3, 0.4) is 0 Å². The maximum absolute atomic E-state index is 5.81. The van der Waals surface area contributed by atoms with E-state index in [1.54, 1.807) is 0 Å². The van der Waals surface area contributed by atoms with Gasteiger partial charge in [-0.1, -0.05) is 58.0 Å². The molecule has 5 rings (SSSR count). The van der Waals surface area contributed by atoms with Gasteiger partial charge >= 0.3 is 0 Å². The van der Waals surface area contributed by atoms with E-state index in [-0.39, 0.29) is 10.8 Å². The number of hydrogen-bond donors (Lipinski definition) is 1. The third-order valence-electron chi connectivity index (χ3n) is 6.17. The first-order valence-corrected chi connectivity index (χ1v) is 9.65. The summed E-state index contributed by atoms with van der Waals surface area (Å²) in [4.78, 5) is 0. The lowest BCUT2D eigenvalue weighted by Crippen LogP contribution is -2.18. The fourth-order valence-electron chi connectivity index (χ4n) is 4.55. The van der Waals surface area contributed by atoms with Gasteiger partial charge in [-0.2, -0.15) is 0 Å². The molecule has 27 heavy (non-hydrogen) atoms. The van der Waals surface area contributed by atoms with Crippen LogP contribution in [0.1, 0.15) is 44.4 Å². The molecule has 3 aromatic carbocycles. The van der Waals surface area contributed by atoms with E-state index in [9.17, 15) is 0 Å². The van der Waals surface area contributed by atoms with E-state index in [2.05, 4.69) is 93.7 Å². The van der Waals surface area contributed by atoms with Gasteiger partial charge < -0.3 is 10.1 Å². The Labute approximate surface area is 161 Å². The van der Waals surface area contributed by atoms with E-state index in [0.29, 0.717) is 0 Å². The molecule has 2 nitrogen and oxygen atoms in total. The SMILES string of the molecule is CC1(C)COc2ccc(Nc3ccc4c(c3)C(C)(C)c3ccccc3-4)cc21. The largest absolute Gasteiger partial charge is 0.492 e. The summed E-state index contributed by atoms with van der Waals surface area (Å²) < 4.78 is 5.81. The van der Waals surface area contributed by atoms with Gasteiger partial charge in [0, 0.05) is 27.8 Å². The van der Waals surface area contributed by atoms with Crippen LogP contribution in [0, 0.1) is 0 Å². The van der Waals surface area contributed by atoms with Gasteiger partial charge in [0.1, 0.15) is 5.75 Å². The zero-order valence-electron chi connectivity index (χ0n) is 16.4. The average Bonchev–Trinajstić information content (AvgIpc) is 3.07. The average molecular weight is 355 g/mol. The molecule has 0 aromatic heterocycles. The van der Waals surface area contributed by atoms with Crippen LogP contribution in [0.5, 0.6) is 5.75 Å². The molecule has 0 amide bonds. The van der Waals surface area contributed by atoms with E-state index in [4.69, 9.17) is 4.74 Å². The van der Waals surface area contributed by atoms with E-state index in [0.717, 1.165) is 23.7 Å². The molecule has 0 unspecified atom stereocenters. The van der Waals surface area contributed by atoms with Crippen LogP contribution in [-0.4, -0.2) is 6.61 Å². The smallest absolute Gasteiger partial charge is 0.123 e. The lowest BCUT2D eigenvalue weighted by molar-refractivity contribution is 0.291. The molecule has 2 aliphatic rings. The number of anilines is 2. The lowest BCUT2D eigenvalue weighted by Gasteiger charge is -2.22. The highest BCUT2D eigenvalue weighted by Crippen LogP contribution is 2.49. The number of hydrogen-bond acceptors (Lipinski definition) is 2. The minimum absolute atomic E-state index is 0.0252. The Bertz CT molecular complexity index is 1060. The van der Waals surface area contributed by atoms with Gasteiger partial charge in [-0.05, 0) is 52.6 Å². The van der Waals surface area contributed by atoms with Crippen molar-refractivity contribution in [3.63, 3.8) is 0 Å². The van der Waals surface area contributed by atoms with Crippen LogP contribution in [-0.2, 0) is 10.8 Å². The Hall–Kier alpha value is -2.74. The summed E-state index contributed by atoms with van der Waals surface area (Å²) in [5, 5.41) is 3.61. The Morgan fingerprint density at radius 3 is 2.22 bits per heavy atom. The second-order valence-corrected chi connectivity index (χ2v) is 8.94. The summed E-state index contributed by atoms with van der Waals surface area (Å²) in [6.07, 6.45) is 0. The van der Waals surface area contributed by atoms with Crippen molar-refractivity contribution in [2.45, 2.75) is 38.5 Å². The molecule has 136 valence electrons. The Morgan fingerprint density at radius 2 is 1.41 bits per heavy atom. The van der Waals surface area contributed by atoms with Crippen LogP contribution in [0.2, 0.25) is 0 Å². The number of ether oxygens (including phenoxy) is 1. The Kier molecular flexibility index (Phi) is 3.28. The minimum Gasteiger partial charge on any atom is -0.492 e. The summed E-state index contributed by atoms with van der Waals surface area (Å²) >= 11 is 0. The van der Waals surface area contributed by atoms with Gasteiger partial charge in [-0.25, -0.2) is 0 Å². The number of rotatable bonds is 2. The summed E-state index contributed by atoms with van der Waals surface area (Å²) in [5.74, 6) is 1.01. The van der Waals surface area contributed by atoms with Gasteiger partial charge in [0.25, 0.3) is 0 Å². The molecule has 2 heteroatoms. The van der Waals surface area contributed by atoms with Crippen molar-refractivity contribution in [2.75, 3.05) is 11.9 Å². The van der Waals surface area contributed by atoms with Crippen molar-refractivity contribution in [2.24, 2.45) is 0 Å². The van der Waals surface area contributed by atoms with Crippen molar-refractivity contribution in [1.82, 2.24) is 0 Å². The summed E-state index contributed by atoms with van der Waals surface area (Å²) in [6, 6.07) is 21.9. The van der Waals surface area contributed by atoms with Crippen molar-refractivity contribution in [3.05, 3.63) is 77.4 Å². The molecule has 0 spiro atoms. The Morgan fingerprint density at radius 1 is 0.741 bits per heavy atom. The maximum Gasteiger partial charge on any atom is 0.123 e. The van der Waals surface area contributed by atoms with Gasteiger partial charge in [-0.15, -0.1) is 0 Å². The Balaban J connectivity index is 1.52. The second kappa shape index (κ2) is 5.39. The first kappa shape index (κ1) is 16.4. The van der Waals surface area contributed by atoms with Crippen molar-refractivity contribution in [3.8, 4) is 16.9 Å². The third kappa shape index (κ3) is 2.39. The highest BCUT2D eigenvalue weighted by Gasteiger charge is 2.35. The molecule has 1 N–H and O–H groups in total. The maximum atomic E-state index is 5.81. The van der Waals surface area contributed by atoms with Crippen LogP contribution < -0.4 is 10.1 Å². The zero-order chi connectivity index (χ0) is 18.8. The molecule has 0 radical (unpaired) electrons. The highest BCUT2D eigenvalue weighted by molar-refractivity contribution is 5.83. The summed E-state index contributed by atoms with van der Waals surface area (Å²) in [6.45, 7) is 9.85. The molecule has 0 atom stereocenters. The lowest BCUT2D eigenvalue weighted by atomic mass is 9.82. The predicted molar refractivity (Wildman–Crippen MR) is 112 cm³/mol. The zero-order valence-corrected chi connectivity index (χ0v) is 16.4. The van der Waals surface area contributed by atoms with Crippen molar-refractivity contribution >= 4 is 11.4 Å². The molecule has 1 aliphatic carbocycles. The molecule has 3 aromatic rings. The molecule has 0 saturated carbocycles. The monoisotopic (exact) mass is 355 g/mol. The van der Waals surface area contributed by atoms with Crippen LogP contribution >= 0.6 is 0 Å². The first-order valence-electron chi connectivity index (χ1n) is 9.65. The summed E-state index contributed by atoms with van der Waals surface area (Å²) in [5.41, 5.74) is 9.12. The summed E-state index contributed by atoms with van der Waals surface area (Å²) in [7, 11) is 0. The van der Waals surface area contributed by atoms with E-state index in [1.807, 2.05) is 0 Å². The fraction of sp³-hybridized carbons (Fsp3) is 0.280. The van der Waals surface area contributed by atoms with Crippen LogP contribution in [0.25, 0.3) is 11.1 Å². The fourth-order valence-corrected chi connectivity index (χ4v) is 4.55. The quantitative estimate of drug-likeness (QED) is 0.574. The highest BCUT2D eigenvalue weighted by atomic mass is 16.5. The number of benzene rings is 3. The van der Waals surface area contributed by atoms with Crippen molar-refractivity contribution < 1.29 is 4.74 Å². The topological polar surface area (TPSA) is 21.3 Å². The van der Waals surface area contributed by atoms with Gasteiger partial charge in [0.15, 0.2) is 0 Å². The third-order valence-corrected chi connectivity index (χ3v) is 6.17. The standard InChI is InChI=1S/C25H25NO/c1-24(2)15-27-23-12-10-17(14-22(23)24)26-16-9-11-19-18-7-5-6-8-20(18)25(3,4)21(19)13-16/h5-14,26H,15H2,1-4H3. The van der Waals surface area contributed by atoms with Gasteiger partial charge in [0.05, 0.1) is 6.61 Å². The molecule has 0 bridgehead atoms. The van der Waals surface area contributed by atoms with Gasteiger partial charge in [-0.3, -0.25) is 0 Å². The predicted octanol–water partition coefficient (Wildman–Crippen LogP) is 6.41. The van der Waals surface area contributed by atoms with E-state index in [1.165, 1.54) is 27.8 Å². The van der Waals surface area contributed by atoms with Crippen LogP contribution in [0.15, 0.2) is 60.7 Å². The normalized spacial score (nSPS) is 17.6. The van der Waals surface area contributed by atoms with E-state index < -0.39 is 0 Å². The minimum atomic E-state index is 0.0252. The van der Waals surface area contributed by atoms with Gasteiger partial charge in [0.2, 0.25) is 0 Å². The van der Waals surface area contributed by atoms with Crippen LogP contribution in [0.4, 0.5) is 11.4 Å². The molecule has 0 saturated heterocycles. The molecular weight excluding hydrogens is 330 g/mol. The first-order chi connectivity index (χ1) is 12.9. The number of fused-ring (bicyclic) bond motifs is 4. The molecule has 1 aliphatic heterocycles. The van der Waals surface area contributed by atoms with E-state index >= 15 is 0 Å². The second-order valence-electron chi connectivity index (χ2n) is 8.94. The molecular formula is C25H25NO. The van der Waals surface area contributed by atoms with Crippen molar-refractivity contribution in [1.29, 1.82) is 0 Å².